The zero-order chi connectivity index (χ0) is 18.2. The molecule has 6 nitrogen and oxygen atoms in total. The van der Waals surface area contributed by atoms with Gasteiger partial charge in [0.25, 0.3) is 0 Å². The van der Waals surface area contributed by atoms with Crippen LogP contribution in [0.2, 0.25) is 0 Å². The fourth-order valence-corrected chi connectivity index (χ4v) is 4.59. The van der Waals surface area contributed by atoms with Crippen LogP contribution in [-0.4, -0.2) is 33.0 Å². The second-order valence-electron chi connectivity index (χ2n) is 7.45. The Labute approximate surface area is 149 Å². The summed E-state index contributed by atoms with van der Waals surface area (Å²) in [6.07, 6.45) is 5.36. The molecule has 1 fully saturated rings. The molecule has 0 bridgehead atoms. The number of hydrogen-bond donors (Lipinski definition) is 2. The first-order chi connectivity index (χ1) is 11.8. The van der Waals surface area contributed by atoms with Gasteiger partial charge in [-0.1, -0.05) is 19.8 Å². The van der Waals surface area contributed by atoms with Gasteiger partial charge in [0.1, 0.15) is 0 Å². The van der Waals surface area contributed by atoms with Gasteiger partial charge in [-0.25, -0.2) is 13.6 Å². The molecule has 3 N–H and O–H groups in total. The van der Waals surface area contributed by atoms with Gasteiger partial charge in [-0.2, -0.15) is 0 Å². The SMILES string of the molecule is C[C@@H]1CCCC[C@@H]1NC(=O)CN1c2ccc(S(N)(=O)=O)cc2C[C@@H]1C. The number of hydrogen-bond acceptors (Lipinski definition) is 4. The molecule has 7 heteroatoms. The largest absolute Gasteiger partial charge is 0.359 e. The van der Waals surface area contributed by atoms with Crippen molar-refractivity contribution in [3.05, 3.63) is 23.8 Å². The van der Waals surface area contributed by atoms with E-state index in [9.17, 15) is 13.2 Å². The molecule has 25 heavy (non-hydrogen) atoms. The molecular weight excluding hydrogens is 338 g/mol. The molecule has 0 aromatic heterocycles. The van der Waals surface area contributed by atoms with Crippen LogP contribution < -0.4 is 15.4 Å². The summed E-state index contributed by atoms with van der Waals surface area (Å²) in [5.74, 6) is 0.562. The van der Waals surface area contributed by atoms with E-state index >= 15 is 0 Å². The molecule has 138 valence electrons. The molecule has 0 saturated heterocycles. The van der Waals surface area contributed by atoms with Gasteiger partial charge in [0.2, 0.25) is 15.9 Å². The minimum absolute atomic E-state index is 0.0361. The minimum atomic E-state index is -3.71. The van der Waals surface area contributed by atoms with Crippen LogP contribution >= 0.6 is 0 Å². The van der Waals surface area contributed by atoms with Crippen LogP contribution in [0.3, 0.4) is 0 Å². The number of rotatable bonds is 4. The summed E-state index contributed by atoms with van der Waals surface area (Å²) in [5, 5.41) is 8.40. The highest BCUT2D eigenvalue weighted by Crippen LogP contribution is 2.33. The quantitative estimate of drug-likeness (QED) is 0.851. The first-order valence-electron chi connectivity index (χ1n) is 8.97. The number of anilines is 1. The molecule has 0 unspecified atom stereocenters. The van der Waals surface area contributed by atoms with E-state index in [1.54, 1.807) is 12.1 Å². The van der Waals surface area contributed by atoms with Crippen LogP contribution in [-0.2, 0) is 21.2 Å². The standard InChI is InChI=1S/C18H27N3O3S/c1-12-5-3-4-6-16(12)20-18(22)11-21-13(2)9-14-10-15(25(19,23)24)7-8-17(14)21/h7-8,10,12-13,16H,3-6,9,11H2,1-2H3,(H,20,22)(H2,19,23,24)/t12-,13+,16+/m1/s1. The lowest BCUT2D eigenvalue weighted by Crippen LogP contribution is -2.46. The van der Waals surface area contributed by atoms with Crippen molar-refractivity contribution in [3.8, 4) is 0 Å². The number of nitrogens with zero attached hydrogens (tertiary/aromatic N) is 1. The third-order valence-electron chi connectivity index (χ3n) is 5.51. The number of fused-ring (bicyclic) bond motifs is 1. The van der Waals surface area contributed by atoms with Crippen molar-refractivity contribution in [1.82, 2.24) is 5.32 Å². The highest BCUT2D eigenvalue weighted by molar-refractivity contribution is 7.89. The zero-order valence-electron chi connectivity index (χ0n) is 14.9. The predicted octanol–water partition coefficient (Wildman–Crippen LogP) is 1.78. The lowest BCUT2D eigenvalue weighted by Gasteiger charge is -2.31. The molecule has 0 spiro atoms. The fourth-order valence-electron chi connectivity index (χ4n) is 4.03. The molecule has 1 aromatic rings. The van der Waals surface area contributed by atoms with E-state index in [0.717, 1.165) is 17.7 Å². The third-order valence-corrected chi connectivity index (χ3v) is 6.42. The second kappa shape index (κ2) is 6.96. The summed E-state index contributed by atoms with van der Waals surface area (Å²) in [4.78, 5) is 14.7. The topological polar surface area (TPSA) is 92.5 Å². The summed E-state index contributed by atoms with van der Waals surface area (Å²) in [5.41, 5.74) is 1.85. The predicted molar refractivity (Wildman–Crippen MR) is 97.9 cm³/mol. The Morgan fingerprint density at radius 2 is 2.00 bits per heavy atom. The fraction of sp³-hybridized carbons (Fsp3) is 0.611. The molecule has 0 radical (unpaired) electrons. The van der Waals surface area contributed by atoms with Crippen molar-refractivity contribution in [3.63, 3.8) is 0 Å². The highest BCUT2D eigenvalue weighted by atomic mass is 32.2. The van der Waals surface area contributed by atoms with E-state index in [2.05, 4.69) is 12.2 Å². The van der Waals surface area contributed by atoms with Crippen LogP contribution in [0, 0.1) is 5.92 Å². The second-order valence-corrected chi connectivity index (χ2v) is 9.01. The maximum absolute atomic E-state index is 12.5. The number of nitrogens with one attached hydrogen (secondary N) is 1. The van der Waals surface area contributed by atoms with E-state index in [1.165, 1.54) is 25.3 Å². The normalized spacial score (nSPS) is 26.4. The van der Waals surface area contributed by atoms with Gasteiger partial charge < -0.3 is 10.2 Å². The van der Waals surface area contributed by atoms with Gasteiger partial charge in [0.05, 0.1) is 11.4 Å². The van der Waals surface area contributed by atoms with Gasteiger partial charge in [-0.05, 0) is 55.9 Å². The monoisotopic (exact) mass is 365 g/mol. The molecular formula is C18H27N3O3S. The lowest BCUT2D eigenvalue weighted by molar-refractivity contribution is -0.121. The van der Waals surface area contributed by atoms with E-state index < -0.39 is 10.0 Å². The van der Waals surface area contributed by atoms with Crippen molar-refractivity contribution in [1.29, 1.82) is 0 Å². The summed E-state index contributed by atoms with van der Waals surface area (Å²) < 4.78 is 23.1. The van der Waals surface area contributed by atoms with Crippen LogP contribution in [0.5, 0.6) is 0 Å². The lowest BCUT2D eigenvalue weighted by atomic mass is 9.86. The van der Waals surface area contributed by atoms with Gasteiger partial charge in [0, 0.05) is 17.8 Å². The van der Waals surface area contributed by atoms with Crippen LogP contribution in [0.1, 0.15) is 45.1 Å². The smallest absolute Gasteiger partial charge is 0.239 e. The molecule has 1 aromatic carbocycles. The molecule has 1 aliphatic carbocycles. The zero-order valence-corrected chi connectivity index (χ0v) is 15.7. The Bertz CT molecular complexity index is 763. The minimum Gasteiger partial charge on any atom is -0.359 e. The maximum Gasteiger partial charge on any atom is 0.239 e. The van der Waals surface area contributed by atoms with Crippen molar-refractivity contribution in [2.75, 3.05) is 11.4 Å². The van der Waals surface area contributed by atoms with Crippen LogP contribution in [0.25, 0.3) is 0 Å². The molecule has 3 atom stereocenters. The molecule has 1 amide bonds. The summed E-state index contributed by atoms with van der Waals surface area (Å²) in [6.45, 7) is 4.55. The first kappa shape index (κ1) is 18.2. The van der Waals surface area contributed by atoms with E-state index in [-0.39, 0.29) is 22.9 Å². The Hall–Kier alpha value is -1.60. The Kier molecular flexibility index (Phi) is 5.06. The van der Waals surface area contributed by atoms with Crippen molar-refractivity contribution in [2.45, 2.75) is 62.9 Å². The van der Waals surface area contributed by atoms with Crippen LogP contribution in [0.4, 0.5) is 5.69 Å². The highest BCUT2D eigenvalue weighted by Gasteiger charge is 2.30. The number of nitrogens with two attached hydrogens (primary N) is 1. The molecule has 3 rings (SSSR count). The Morgan fingerprint density at radius 3 is 2.68 bits per heavy atom. The number of carbonyl (C=O) groups excluding carboxylic acids is 1. The molecule has 2 aliphatic rings. The van der Waals surface area contributed by atoms with Gasteiger partial charge in [-0.15, -0.1) is 0 Å². The van der Waals surface area contributed by atoms with E-state index in [1.807, 2.05) is 11.8 Å². The van der Waals surface area contributed by atoms with Crippen LogP contribution in [0.15, 0.2) is 23.1 Å². The average molecular weight is 365 g/mol. The van der Waals surface area contributed by atoms with E-state index in [4.69, 9.17) is 5.14 Å². The van der Waals surface area contributed by atoms with Crippen molar-refractivity contribution >= 4 is 21.6 Å². The molecule has 1 heterocycles. The Morgan fingerprint density at radius 1 is 1.28 bits per heavy atom. The maximum atomic E-state index is 12.5. The number of primary sulfonamides is 1. The summed E-state index contributed by atoms with van der Waals surface area (Å²) in [7, 11) is -3.71. The van der Waals surface area contributed by atoms with Gasteiger partial charge in [-0.3, -0.25) is 4.79 Å². The number of benzene rings is 1. The van der Waals surface area contributed by atoms with Gasteiger partial charge >= 0.3 is 0 Å². The molecule has 1 aliphatic heterocycles. The summed E-state index contributed by atoms with van der Waals surface area (Å²) >= 11 is 0. The van der Waals surface area contributed by atoms with E-state index in [0.29, 0.717) is 18.9 Å². The number of carbonyl (C=O) groups is 1. The summed E-state index contributed by atoms with van der Waals surface area (Å²) in [6, 6.07) is 5.32. The van der Waals surface area contributed by atoms with Gasteiger partial charge in [0.15, 0.2) is 0 Å². The third kappa shape index (κ3) is 3.98. The average Bonchev–Trinajstić information content (AvgIpc) is 2.84. The first-order valence-corrected chi connectivity index (χ1v) is 10.5. The van der Waals surface area contributed by atoms with Crippen molar-refractivity contribution in [2.24, 2.45) is 11.1 Å². The number of amides is 1. The molecule has 1 saturated carbocycles. The van der Waals surface area contributed by atoms with Crippen molar-refractivity contribution < 1.29 is 13.2 Å². The Balaban J connectivity index is 1.71. The number of sulfonamides is 1.